The minimum atomic E-state index is -4.26. The minimum absolute atomic E-state index is 0.286. The molecule has 1 aromatic heterocycles. The number of aryl methyl sites for hydroxylation is 1. The van der Waals surface area contributed by atoms with Crippen LogP contribution in [0.5, 0.6) is 0 Å². The molecule has 1 saturated heterocycles. The molecule has 1 amide bonds. The molecule has 2 rings (SSSR count). The van der Waals surface area contributed by atoms with Gasteiger partial charge in [0.05, 0.1) is 12.6 Å². The molecule has 1 aliphatic heterocycles. The van der Waals surface area contributed by atoms with E-state index in [0.29, 0.717) is 19.6 Å². The van der Waals surface area contributed by atoms with Gasteiger partial charge in [-0.15, -0.1) is 0 Å². The van der Waals surface area contributed by atoms with E-state index in [0.717, 1.165) is 5.56 Å². The van der Waals surface area contributed by atoms with E-state index in [-0.39, 0.29) is 5.92 Å². The number of rotatable bonds is 4. The van der Waals surface area contributed by atoms with Crippen LogP contribution in [0.4, 0.5) is 13.2 Å². The van der Waals surface area contributed by atoms with Crippen molar-refractivity contribution in [3.05, 3.63) is 18.0 Å². The number of likely N-dealkylation sites (tertiary alicyclic amines) is 1. The Bertz CT molecular complexity index is 449. The summed E-state index contributed by atoms with van der Waals surface area (Å²) in [6, 6.07) is 0. The van der Waals surface area contributed by atoms with Gasteiger partial charge in [-0.05, 0) is 12.5 Å². The highest BCUT2D eigenvalue weighted by atomic mass is 19.4. The van der Waals surface area contributed by atoms with Crippen molar-refractivity contribution in [1.82, 2.24) is 14.7 Å². The second-order valence-electron chi connectivity index (χ2n) is 5.02. The maximum absolute atomic E-state index is 12.0. The van der Waals surface area contributed by atoms with Gasteiger partial charge in [0.2, 0.25) is 5.91 Å². The van der Waals surface area contributed by atoms with Gasteiger partial charge in [-0.1, -0.05) is 0 Å². The molecule has 0 unspecified atom stereocenters. The number of carbonyl (C=O) groups is 1. The first-order valence-electron chi connectivity index (χ1n) is 6.17. The molecule has 1 fully saturated rings. The lowest BCUT2D eigenvalue weighted by molar-refractivity contribution is -0.153. The first kappa shape index (κ1) is 13.9. The SMILES string of the molecule is Cc1cnn(CC2CN(C(=O)CCC(F)(F)F)C2)c1. The largest absolute Gasteiger partial charge is 0.389 e. The van der Waals surface area contributed by atoms with Crippen molar-refractivity contribution in [2.45, 2.75) is 32.5 Å². The Morgan fingerprint density at radius 1 is 1.47 bits per heavy atom. The molecule has 1 aliphatic rings. The molecule has 4 nitrogen and oxygen atoms in total. The van der Waals surface area contributed by atoms with Gasteiger partial charge in [0.15, 0.2) is 0 Å². The van der Waals surface area contributed by atoms with Gasteiger partial charge >= 0.3 is 6.18 Å². The maximum Gasteiger partial charge on any atom is 0.389 e. The molecule has 0 atom stereocenters. The Hall–Kier alpha value is -1.53. The predicted octanol–water partition coefficient (Wildman–Crippen LogP) is 1.99. The van der Waals surface area contributed by atoms with Crippen molar-refractivity contribution < 1.29 is 18.0 Å². The van der Waals surface area contributed by atoms with E-state index < -0.39 is 24.9 Å². The number of carbonyl (C=O) groups excluding carboxylic acids is 1. The molecule has 2 heterocycles. The summed E-state index contributed by atoms with van der Waals surface area (Å²) < 4.78 is 37.8. The zero-order valence-electron chi connectivity index (χ0n) is 10.7. The number of alkyl halides is 3. The lowest BCUT2D eigenvalue weighted by Gasteiger charge is -2.39. The van der Waals surface area contributed by atoms with Crippen LogP contribution in [0, 0.1) is 12.8 Å². The molecular weight excluding hydrogens is 259 g/mol. The average molecular weight is 275 g/mol. The fraction of sp³-hybridized carbons (Fsp3) is 0.667. The van der Waals surface area contributed by atoms with E-state index in [2.05, 4.69) is 5.10 Å². The summed E-state index contributed by atoms with van der Waals surface area (Å²) in [5.74, 6) is -0.126. The molecule has 0 aliphatic carbocycles. The Balaban J connectivity index is 1.69. The molecule has 7 heteroatoms. The van der Waals surface area contributed by atoms with E-state index in [9.17, 15) is 18.0 Å². The van der Waals surface area contributed by atoms with Gasteiger partial charge in [0.25, 0.3) is 0 Å². The molecule has 0 N–H and O–H groups in total. The normalized spacial score (nSPS) is 16.5. The fourth-order valence-corrected chi connectivity index (χ4v) is 2.13. The second-order valence-corrected chi connectivity index (χ2v) is 5.02. The Morgan fingerprint density at radius 3 is 2.68 bits per heavy atom. The van der Waals surface area contributed by atoms with Crippen LogP contribution in [0.3, 0.4) is 0 Å². The first-order valence-corrected chi connectivity index (χ1v) is 6.17. The van der Waals surface area contributed by atoms with Gasteiger partial charge in [0, 0.05) is 38.2 Å². The minimum Gasteiger partial charge on any atom is -0.342 e. The van der Waals surface area contributed by atoms with Crippen molar-refractivity contribution in [3.63, 3.8) is 0 Å². The van der Waals surface area contributed by atoms with E-state index in [1.165, 1.54) is 4.90 Å². The lowest BCUT2D eigenvalue weighted by Crippen LogP contribution is -2.51. The van der Waals surface area contributed by atoms with E-state index in [1.54, 1.807) is 10.9 Å². The van der Waals surface area contributed by atoms with Crippen molar-refractivity contribution >= 4 is 5.91 Å². The summed E-state index contributed by atoms with van der Waals surface area (Å²) in [6.07, 6.45) is -2.08. The smallest absolute Gasteiger partial charge is 0.342 e. The summed E-state index contributed by atoms with van der Waals surface area (Å²) in [6.45, 7) is 3.69. The highest BCUT2D eigenvalue weighted by Crippen LogP contribution is 2.24. The summed E-state index contributed by atoms with van der Waals surface area (Å²) in [5, 5.41) is 4.14. The van der Waals surface area contributed by atoms with Crippen LogP contribution in [0.15, 0.2) is 12.4 Å². The molecule has 19 heavy (non-hydrogen) atoms. The van der Waals surface area contributed by atoms with E-state index >= 15 is 0 Å². The van der Waals surface area contributed by atoms with Crippen LogP contribution >= 0.6 is 0 Å². The molecular formula is C12H16F3N3O. The monoisotopic (exact) mass is 275 g/mol. The predicted molar refractivity (Wildman–Crippen MR) is 62.3 cm³/mol. The summed E-state index contributed by atoms with van der Waals surface area (Å²) in [5.41, 5.74) is 1.07. The highest BCUT2D eigenvalue weighted by Gasteiger charge is 2.34. The molecule has 106 valence electrons. The Kier molecular flexibility index (Phi) is 3.82. The Labute approximate surface area is 109 Å². The van der Waals surface area contributed by atoms with Crippen LogP contribution in [0.25, 0.3) is 0 Å². The summed E-state index contributed by atoms with van der Waals surface area (Å²) >= 11 is 0. The zero-order valence-corrected chi connectivity index (χ0v) is 10.7. The molecule has 0 spiro atoms. The van der Waals surface area contributed by atoms with Gasteiger partial charge in [-0.3, -0.25) is 9.48 Å². The number of halogens is 3. The van der Waals surface area contributed by atoms with Crippen molar-refractivity contribution in [2.24, 2.45) is 5.92 Å². The standard InChI is InChI=1S/C12H16F3N3O/c1-9-4-16-18(5-9)8-10-6-17(7-10)11(19)2-3-12(13,14)15/h4-5,10H,2-3,6-8H2,1H3. The highest BCUT2D eigenvalue weighted by molar-refractivity contribution is 5.77. The van der Waals surface area contributed by atoms with E-state index in [4.69, 9.17) is 0 Å². The lowest BCUT2D eigenvalue weighted by atomic mass is 9.99. The average Bonchev–Trinajstić information content (AvgIpc) is 2.64. The maximum atomic E-state index is 12.0. The molecule has 0 bridgehead atoms. The fourth-order valence-electron chi connectivity index (χ4n) is 2.13. The van der Waals surface area contributed by atoms with Crippen LogP contribution in [-0.4, -0.2) is 39.9 Å². The summed E-state index contributed by atoms with van der Waals surface area (Å²) in [4.78, 5) is 13.0. The molecule has 1 aromatic rings. The quantitative estimate of drug-likeness (QED) is 0.843. The van der Waals surface area contributed by atoms with Gasteiger partial charge in [-0.2, -0.15) is 18.3 Å². The number of nitrogens with zero attached hydrogens (tertiary/aromatic N) is 3. The third kappa shape index (κ3) is 3.97. The first-order chi connectivity index (χ1) is 8.83. The third-order valence-corrected chi connectivity index (χ3v) is 3.14. The summed E-state index contributed by atoms with van der Waals surface area (Å²) in [7, 11) is 0. The van der Waals surface area contributed by atoms with Crippen LogP contribution in [-0.2, 0) is 11.3 Å². The van der Waals surface area contributed by atoms with Gasteiger partial charge < -0.3 is 4.90 Å². The zero-order chi connectivity index (χ0) is 14.0. The number of amides is 1. The molecule has 0 radical (unpaired) electrons. The topological polar surface area (TPSA) is 38.1 Å². The Morgan fingerprint density at radius 2 is 2.16 bits per heavy atom. The van der Waals surface area contributed by atoms with Crippen LogP contribution in [0.1, 0.15) is 18.4 Å². The van der Waals surface area contributed by atoms with Crippen molar-refractivity contribution in [1.29, 1.82) is 0 Å². The number of hydrogen-bond donors (Lipinski definition) is 0. The van der Waals surface area contributed by atoms with Gasteiger partial charge in [-0.25, -0.2) is 0 Å². The van der Waals surface area contributed by atoms with Crippen LogP contribution < -0.4 is 0 Å². The van der Waals surface area contributed by atoms with E-state index in [1.807, 2.05) is 13.1 Å². The van der Waals surface area contributed by atoms with Crippen molar-refractivity contribution in [2.75, 3.05) is 13.1 Å². The molecule has 0 saturated carbocycles. The third-order valence-electron chi connectivity index (χ3n) is 3.14. The number of aromatic nitrogens is 2. The van der Waals surface area contributed by atoms with Gasteiger partial charge in [0.1, 0.15) is 0 Å². The van der Waals surface area contributed by atoms with Crippen molar-refractivity contribution in [3.8, 4) is 0 Å². The second kappa shape index (κ2) is 5.22. The number of hydrogen-bond acceptors (Lipinski definition) is 2. The molecule has 0 aromatic carbocycles. The van der Waals surface area contributed by atoms with Crippen LogP contribution in [0.2, 0.25) is 0 Å².